The second kappa shape index (κ2) is 4.42. The lowest BCUT2D eigenvalue weighted by Gasteiger charge is -2.15. The fraction of sp³-hybridized carbons (Fsp3) is 0.231. The molecule has 1 aliphatic carbocycles. The molecule has 21 heavy (non-hydrogen) atoms. The van der Waals surface area contributed by atoms with Crippen molar-refractivity contribution in [3.05, 3.63) is 38.6 Å². The first-order chi connectivity index (χ1) is 9.84. The number of hydrogen-bond donors (Lipinski definition) is 2. The second-order valence-electron chi connectivity index (χ2n) is 4.89. The Morgan fingerprint density at radius 1 is 1.38 bits per heavy atom. The lowest BCUT2D eigenvalue weighted by molar-refractivity contribution is 0.0695. The number of rotatable bonds is 2. The van der Waals surface area contributed by atoms with Crippen LogP contribution in [0.2, 0.25) is 5.02 Å². The lowest BCUT2D eigenvalue weighted by Crippen LogP contribution is -2.21. The molecule has 1 heterocycles. The van der Waals surface area contributed by atoms with Crippen LogP contribution in [-0.4, -0.2) is 15.6 Å². The topological polar surface area (TPSA) is 85.3 Å². The molecule has 0 aliphatic heterocycles. The maximum atomic E-state index is 14.3. The van der Waals surface area contributed by atoms with Crippen LogP contribution in [0.1, 0.15) is 29.2 Å². The van der Waals surface area contributed by atoms with Gasteiger partial charge in [-0.1, -0.05) is 11.6 Å². The molecule has 0 radical (unpaired) electrons. The van der Waals surface area contributed by atoms with E-state index < -0.39 is 44.7 Å². The molecule has 0 bridgehead atoms. The highest BCUT2D eigenvalue weighted by Gasteiger charge is 2.31. The molecule has 2 aromatic rings. The zero-order valence-corrected chi connectivity index (χ0v) is 11.2. The highest BCUT2D eigenvalue weighted by molar-refractivity contribution is 6.32. The van der Waals surface area contributed by atoms with Crippen molar-refractivity contribution in [3.8, 4) is 0 Å². The molecule has 1 aliphatic rings. The van der Waals surface area contributed by atoms with Gasteiger partial charge in [-0.05, 0) is 12.8 Å². The van der Waals surface area contributed by atoms with Crippen molar-refractivity contribution in [1.82, 2.24) is 4.57 Å². The monoisotopic (exact) mass is 314 g/mol. The van der Waals surface area contributed by atoms with Crippen molar-refractivity contribution in [1.29, 1.82) is 0 Å². The minimum absolute atomic E-state index is 0.151. The minimum Gasteiger partial charge on any atom is -0.477 e. The zero-order valence-electron chi connectivity index (χ0n) is 10.5. The number of carboxylic acids is 1. The average molecular weight is 315 g/mol. The van der Waals surface area contributed by atoms with Gasteiger partial charge in [0.05, 0.1) is 16.6 Å². The van der Waals surface area contributed by atoms with Gasteiger partial charge in [-0.3, -0.25) is 4.79 Å². The summed E-state index contributed by atoms with van der Waals surface area (Å²) in [6.45, 7) is 0. The molecule has 3 N–H and O–H groups in total. The number of carboxylic acid groups (broad SMARTS) is 1. The van der Waals surface area contributed by atoms with Crippen LogP contribution < -0.4 is 11.2 Å². The van der Waals surface area contributed by atoms with Crippen LogP contribution >= 0.6 is 11.6 Å². The molecule has 1 saturated carbocycles. The molecular weight excluding hydrogens is 306 g/mol. The van der Waals surface area contributed by atoms with E-state index in [0.717, 1.165) is 6.20 Å². The predicted octanol–water partition coefficient (Wildman–Crippen LogP) is 2.55. The summed E-state index contributed by atoms with van der Waals surface area (Å²) in [7, 11) is 0. The lowest BCUT2D eigenvalue weighted by atomic mass is 10.1. The van der Waals surface area contributed by atoms with Crippen molar-refractivity contribution < 1.29 is 18.7 Å². The van der Waals surface area contributed by atoms with E-state index in [1.807, 2.05) is 0 Å². The van der Waals surface area contributed by atoms with Crippen LogP contribution in [0.3, 0.4) is 0 Å². The van der Waals surface area contributed by atoms with Gasteiger partial charge in [0, 0.05) is 12.2 Å². The van der Waals surface area contributed by atoms with E-state index in [9.17, 15) is 18.4 Å². The van der Waals surface area contributed by atoms with Crippen molar-refractivity contribution in [2.45, 2.75) is 18.9 Å². The number of nitrogen functional groups attached to an aromatic ring is 1. The van der Waals surface area contributed by atoms with E-state index in [-0.39, 0.29) is 11.6 Å². The van der Waals surface area contributed by atoms with Crippen LogP contribution in [0.15, 0.2) is 11.0 Å². The van der Waals surface area contributed by atoms with Crippen molar-refractivity contribution in [2.75, 3.05) is 5.73 Å². The van der Waals surface area contributed by atoms with Gasteiger partial charge in [0.2, 0.25) is 5.43 Å². The van der Waals surface area contributed by atoms with Gasteiger partial charge in [-0.2, -0.15) is 0 Å². The highest BCUT2D eigenvalue weighted by atomic mass is 35.5. The molecule has 0 saturated heterocycles. The Labute approximate surface area is 121 Å². The Morgan fingerprint density at radius 2 is 2.00 bits per heavy atom. The first-order valence-corrected chi connectivity index (χ1v) is 6.46. The third-order valence-electron chi connectivity index (χ3n) is 3.50. The molecule has 0 unspecified atom stereocenters. The summed E-state index contributed by atoms with van der Waals surface area (Å²) in [5.41, 5.74) is 3.01. The number of fused-ring (bicyclic) bond motifs is 1. The summed E-state index contributed by atoms with van der Waals surface area (Å²) in [4.78, 5) is 23.3. The molecule has 0 atom stereocenters. The number of pyridine rings is 1. The van der Waals surface area contributed by atoms with Crippen LogP contribution in [0.5, 0.6) is 0 Å². The van der Waals surface area contributed by atoms with Crippen LogP contribution in [-0.2, 0) is 0 Å². The molecule has 1 aromatic heterocycles. The Balaban J connectivity index is 2.59. The van der Waals surface area contributed by atoms with Crippen molar-refractivity contribution in [3.63, 3.8) is 0 Å². The third kappa shape index (κ3) is 1.88. The molecule has 8 heteroatoms. The molecule has 1 fully saturated rings. The summed E-state index contributed by atoms with van der Waals surface area (Å²) in [6, 6.07) is -0.151. The van der Waals surface area contributed by atoms with Gasteiger partial charge in [-0.25, -0.2) is 13.6 Å². The van der Waals surface area contributed by atoms with Gasteiger partial charge < -0.3 is 15.4 Å². The van der Waals surface area contributed by atoms with Crippen LogP contribution in [0.4, 0.5) is 14.5 Å². The number of halogens is 3. The molecular formula is C13H9ClF2N2O3. The first-order valence-electron chi connectivity index (χ1n) is 6.08. The maximum Gasteiger partial charge on any atom is 0.341 e. The number of nitrogens with zero attached hydrogens (tertiary/aromatic N) is 1. The number of hydrogen-bond acceptors (Lipinski definition) is 3. The number of aromatic carboxylic acids is 1. The molecule has 3 rings (SSSR count). The van der Waals surface area contributed by atoms with E-state index in [4.69, 9.17) is 22.4 Å². The quantitative estimate of drug-likeness (QED) is 0.659. The molecule has 5 nitrogen and oxygen atoms in total. The summed E-state index contributed by atoms with van der Waals surface area (Å²) in [5, 5.41) is 7.77. The maximum absolute atomic E-state index is 14.3. The van der Waals surface area contributed by atoms with E-state index >= 15 is 0 Å². The van der Waals surface area contributed by atoms with E-state index in [2.05, 4.69) is 0 Å². The second-order valence-corrected chi connectivity index (χ2v) is 5.27. The van der Waals surface area contributed by atoms with Crippen molar-refractivity contribution >= 4 is 34.2 Å². The number of aromatic nitrogens is 1. The van der Waals surface area contributed by atoms with Crippen LogP contribution in [0.25, 0.3) is 10.9 Å². The summed E-state index contributed by atoms with van der Waals surface area (Å²) in [5.74, 6) is -3.85. The molecule has 110 valence electrons. The van der Waals surface area contributed by atoms with Gasteiger partial charge in [0.1, 0.15) is 10.6 Å². The SMILES string of the molecule is Nc1c(F)c(Cl)c(F)c2c1c(=O)c(C(=O)O)cn2C1CC1. The molecule has 0 spiro atoms. The van der Waals surface area contributed by atoms with Gasteiger partial charge in [0.15, 0.2) is 11.6 Å². The average Bonchev–Trinajstić information content (AvgIpc) is 3.26. The predicted molar refractivity (Wildman–Crippen MR) is 72.8 cm³/mol. The normalized spacial score (nSPS) is 14.6. The van der Waals surface area contributed by atoms with Crippen LogP contribution in [0, 0.1) is 11.6 Å². The van der Waals surface area contributed by atoms with E-state index in [0.29, 0.717) is 12.8 Å². The highest BCUT2D eigenvalue weighted by Crippen LogP contribution is 2.40. The Bertz CT molecular complexity index is 859. The summed E-state index contributed by atoms with van der Waals surface area (Å²) in [6.07, 6.45) is 2.46. The minimum atomic E-state index is -1.48. The van der Waals surface area contributed by atoms with Gasteiger partial charge in [-0.15, -0.1) is 0 Å². The zero-order chi connectivity index (χ0) is 15.5. The molecule has 1 aromatic carbocycles. The van der Waals surface area contributed by atoms with Gasteiger partial charge in [0.25, 0.3) is 0 Å². The number of benzene rings is 1. The Kier molecular flexibility index (Phi) is 2.91. The number of carbonyl (C=O) groups is 1. The summed E-state index contributed by atoms with van der Waals surface area (Å²) < 4.78 is 29.4. The Hall–Kier alpha value is -2.15. The number of nitrogens with two attached hydrogens (primary N) is 1. The molecule has 0 amide bonds. The standard InChI is InChI=1S/C13H9ClF2N2O3/c14-7-8(15)10(17)6-11(9(7)16)18(4-1-2-4)3-5(12(6)19)13(20)21/h3-4H,1-2,17H2,(H,20,21). The largest absolute Gasteiger partial charge is 0.477 e. The van der Waals surface area contributed by atoms with Gasteiger partial charge >= 0.3 is 5.97 Å². The first kappa shape index (κ1) is 13.8. The number of anilines is 1. The third-order valence-corrected chi connectivity index (χ3v) is 3.84. The fourth-order valence-electron chi connectivity index (χ4n) is 2.33. The summed E-state index contributed by atoms with van der Waals surface area (Å²) >= 11 is 5.55. The fourth-order valence-corrected chi connectivity index (χ4v) is 2.52. The van der Waals surface area contributed by atoms with E-state index in [1.54, 1.807) is 0 Å². The Morgan fingerprint density at radius 3 is 2.52 bits per heavy atom. The van der Waals surface area contributed by atoms with Crippen molar-refractivity contribution in [2.24, 2.45) is 0 Å². The van der Waals surface area contributed by atoms with E-state index in [1.165, 1.54) is 4.57 Å². The smallest absolute Gasteiger partial charge is 0.341 e.